The van der Waals surface area contributed by atoms with Gasteiger partial charge in [0.2, 0.25) is 11.9 Å². The van der Waals surface area contributed by atoms with Crippen LogP contribution in [0.1, 0.15) is 6.92 Å². The van der Waals surface area contributed by atoms with Crippen LogP contribution in [0.15, 0.2) is 48.7 Å². The summed E-state index contributed by atoms with van der Waals surface area (Å²) in [6.45, 7) is 1.41. The average molecular weight is 356 g/mol. The molecule has 2 aromatic carbocycles. The molecule has 0 spiro atoms. The lowest BCUT2D eigenvalue weighted by Crippen LogP contribution is -2.06. The van der Waals surface area contributed by atoms with Crippen LogP contribution in [0.5, 0.6) is 0 Å². The molecule has 132 valence electrons. The Hall–Kier alpha value is -3.62. The first-order valence-electron chi connectivity index (χ1n) is 7.56. The van der Waals surface area contributed by atoms with Gasteiger partial charge in [0, 0.05) is 24.4 Å². The van der Waals surface area contributed by atoms with Crippen LogP contribution >= 0.6 is 0 Å². The Morgan fingerprint density at radius 3 is 2.62 bits per heavy atom. The molecule has 1 amide bonds. The zero-order valence-electron chi connectivity index (χ0n) is 13.6. The lowest BCUT2D eigenvalue weighted by atomic mass is 10.3. The average Bonchev–Trinajstić information content (AvgIpc) is 2.57. The summed E-state index contributed by atoms with van der Waals surface area (Å²) in [4.78, 5) is 15.3. The Kier molecular flexibility index (Phi) is 4.97. The van der Waals surface area contributed by atoms with Crippen LogP contribution in [0.3, 0.4) is 0 Å². The van der Waals surface area contributed by atoms with Crippen molar-refractivity contribution in [1.82, 2.24) is 15.2 Å². The highest BCUT2D eigenvalue weighted by atomic mass is 19.1. The lowest BCUT2D eigenvalue weighted by molar-refractivity contribution is -0.114. The van der Waals surface area contributed by atoms with Gasteiger partial charge in [-0.05, 0) is 30.3 Å². The molecule has 0 unspecified atom stereocenters. The number of nitrogens with zero attached hydrogens (tertiary/aromatic N) is 3. The molecular weight excluding hydrogens is 342 g/mol. The van der Waals surface area contributed by atoms with Crippen LogP contribution in [0, 0.1) is 11.6 Å². The van der Waals surface area contributed by atoms with Crippen LogP contribution in [-0.4, -0.2) is 21.1 Å². The minimum absolute atomic E-state index is 0.0607. The highest BCUT2D eigenvalue weighted by Crippen LogP contribution is 2.21. The van der Waals surface area contributed by atoms with Crippen LogP contribution in [0.25, 0.3) is 0 Å². The maximum atomic E-state index is 13.7. The second-order valence-corrected chi connectivity index (χ2v) is 5.30. The fraction of sp³-hybridized carbons (Fsp3) is 0.0588. The van der Waals surface area contributed by atoms with E-state index in [4.69, 9.17) is 0 Å². The van der Waals surface area contributed by atoms with E-state index in [9.17, 15) is 13.6 Å². The highest BCUT2D eigenvalue weighted by Gasteiger charge is 2.07. The minimum atomic E-state index is -0.749. The molecule has 0 fully saturated rings. The quantitative estimate of drug-likeness (QED) is 0.647. The molecule has 0 aliphatic heterocycles. The van der Waals surface area contributed by atoms with Crippen molar-refractivity contribution >= 4 is 34.7 Å². The van der Waals surface area contributed by atoms with Crippen molar-refractivity contribution in [3.63, 3.8) is 0 Å². The number of nitrogens with one attached hydrogen (secondary N) is 3. The Bertz CT molecular complexity index is 950. The van der Waals surface area contributed by atoms with E-state index in [0.29, 0.717) is 11.4 Å². The largest absolute Gasteiger partial charge is 0.336 e. The van der Waals surface area contributed by atoms with Gasteiger partial charge in [-0.25, -0.2) is 8.78 Å². The molecule has 0 bridgehead atoms. The number of benzene rings is 2. The summed E-state index contributed by atoms with van der Waals surface area (Å²) in [7, 11) is 0. The SMILES string of the molecule is CC(=O)Nc1cccc(Nc2nncc(Nc3ccc(F)cc3F)n2)c1. The number of aromatic nitrogens is 3. The molecule has 3 aromatic rings. The van der Waals surface area contributed by atoms with Crippen molar-refractivity contribution in [2.24, 2.45) is 0 Å². The number of hydrogen-bond donors (Lipinski definition) is 3. The highest BCUT2D eigenvalue weighted by molar-refractivity contribution is 5.89. The first-order valence-corrected chi connectivity index (χ1v) is 7.56. The number of halogens is 2. The molecule has 3 rings (SSSR count). The molecule has 0 aliphatic carbocycles. The van der Waals surface area contributed by atoms with Gasteiger partial charge in [-0.2, -0.15) is 10.1 Å². The lowest BCUT2D eigenvalue weighted by Gasteiger charge is -2.09. The summed E-state index contributed by atoms with van der Waals surface area (Å²) in [6, 6.07) is 10.1. The number of rotatable bonds is 5. The second kappa shape index (κ2) is 7.51. The van der Waals surface area contributed by atoms with E-state index < -0.39 is 11.6 Å². The monoisotopic (exact) mass is 356 g/mol. The van der Waals surface area contributed by atoms with Gasteiger partial charge >= 0.3 is 0 Å². The zero-order chi connectivity index (χ0) is 18.5. The Morgan fingerprint density at radius 1 is 1.04 bits per heavy atom. The van der Waals surface area contributed by atoms with E-state index in [1.165, 1.54) is 19.2 Å². The van der Waals surface area contributed by atoms with Crippen LogP contribution < -0.4 is 16.0 Å². The van der Waals surface area contributed by atoms with Crippen molar-refractivity contribution in [3.8, 4) is 0 Å². The predicted molar refractivity (Wildman–Crippen MR) is 93.5 cm³/mol. The van der Waals surface area contributed by atoms with Gasteiger partial charge in [0.25, 0.3) is 0 Å². The Labute approximate surface area is 147 Å². The van der Waals surface area contributed by atoms with Crippen LogP contribution in [-0.2, 0) is 4.79 Å². The number of hydrogen-bond acceptors (Lipinski definition) is 6. The van der Waals surface area contributed by atoms with Gasteiger partial charge in [0.05, 0.1) is 11.9 Å². The van der Waals surface area contributed by atoms with Crippen molar-refractivity contribution < 1.29 is 13.6 Å². The normalized spacial score (nSPS) is 10.3. The molecule has 3 N–H and O–H groups in total. The van der Waals surface area contributed by atoms with Crippen molar-refractivity contribution in [1.29, 1.82) is 0 Å². The molecule has 26 heavy (non-hydrogen) atoms. The van der Waals surface area contributed by atoms with E-state index in [-0.39, 0.29) is 23.4 Å². The molecule has 9 heteroatoms. The summed E-state index contributed by atoms with van der Waals surface area (Å²) in [5.41, 5.74) is 1.30. The third kappa shape index (κ3) is 4.47. The van der Waals surface area contributed by atoms with Gasteiger partial charge in [0.1, 0.15) is 11.6 Å². The molecule has 1 aromatic heterocycles. The van der Waals surface area contributed by atoms with Gasteiger partial charge < -0.3 is 16.0 Å². The standard InChI is InChI=1S/C17H14F2N6O/c1-10(26)21-12-3-2-4-13(8-12)22-17-24-16(9-20-25-17)23-15-6-5-11(18)7-14(15)19/h2-9H,1H3,(H,21,26)(H2,22,23,24,25). The van der Waals surface area contributed by atoms with Crippen molar-refractivity contribution in [2.45, 2.75) is 6.92 Å². The van der Waals surface area contributed by atoms with Crippen molar-refractivity contribution in [3.05, 3.63) is 60.3 Å². The first-order chi connectivity index (χ1) is 12.5. The molecule has 1 heterocycles. The fourth-order valence-electron chi connectivity index (χ4n) is 2.15. The number of amides is 1. The van der Waals surface area contributed by atoms with E-state index in [1.54, 1.807) is 24.3 Å². The summed E-state index contributed by atoms with van der Waals surface area (Å²) in [5.74, 6) is -1.22. The van der Waals surface area contributed by atoms with E-state index in [2.05, 4.69) is 31.1 Å². The van der Waals surface area contributed by atoms with Crippen molar-refractivity contribution in [2.75, 3.05) is 16.0 Å². The van der Waals surface area contributed by atoms with Gasteiger partial charge in [-0.15, -0.1) is 5.10 Å². The van der Waals surface area contributed by atoms with Crippen LogP contribution in [0.4, 0.5) is 37.6 Å². The maximum Gasteiger partial charge on any atom is 0.249 e. The zero-order valence-corrected chi connectivity index (χ0v) is 13.6. The molecule has 0 aliphatic rings. The molecule has 0 atom stereocenters. The minimum Gasteiger partial charge on any atom is -0.336 e. The van der Waals surface area contributed by atoms with Crippen LogP contribution in [0.2, 0.25) is 0 Å². The van der Waals surface area contributed by atoms with E-state index in [0.717, 1.165) is 12.1 Å². The van der Waals surface area contributed by atoms with Gasteiger partial charge in [-0.1, -0.05) is 6.07 Å². The molecule has 0 saturated carbocycles. The van der Waals surface area contributed by atoms with E-state index >= 15 is 0 Å². The van der Waals surface area contributed by atoms with Gasteiger partial charge in [-0.3, -0.25) is 4.79 Å². The predicted octanol–water partition coefficient (Wildman–Crippen LogP) is 3.60. The number of carbonyl (C=O) groups is 1. The first kappa shape index (κ1) is 17.2. The topological polar surface area (TPSA) is 91.8 Å². The third-order valence-corrected chi connectivity index (χ3v) is 3.19. The third-order valence-electron chi connectivity index (χ3n) is 3.19. The molecular formula is C17H14F2N6O. The number of anilines is 5. The Balaban J connectivity index is 1.76. The fourth-order valence-corrected chi connectivity index (χ4v) is 2.15. The second-order valence-electron chi connectivity index (χ2n) is 5.30. The smallest absolute Gasteiger partial charge is 0.249 e. The van der Waals surface area contributed by atoms with E-state index in [1.807, 2.05) is 0 Å². The summed E-state index contributed by atoms with van der Waals surface area (Å²) in [5, 5.41) is 16.0. The number of carbonyl (C=O) groups excluding carboxylic acids is 1. The maximum absolute atomic E-state index is 13.7. The molecule has 7 nitrogen and oxygen atoms in total. The Morgan fingerprint density at radius 2 is 1.85 bits per heavy atom. The van der Waals surface area contributed by atoms with Gasteiger partial charge in [0.15, 0.2) is 5.82 Å². The summed E-state index contributed by atoms with van der Waals surface area (Å²) in [6.07, 6.45) is 1.31. The summed E-state index contributed by atoms with van der Waals surface area (Å²) >= 11 is 0. The molecule has 0 radical (unpaired) electrons. The molecule has 0 saturated heterocycles. The summed E-state index contributed by atoms with van der Waals surface area (Å²) < 4.78 is 26.7.